The van der Waals surface area contributed by atoms with Crippen LogP contribution in [0.3, 0.4) is 0 Å². The first-order valence-electron chi connectivity index (χ1n) is 6.89. The molecule has 2 atom stereocenters. The van der Waals surface area contributed by atoms with E-state index < -0.39 is 6.10 Å². The number of hydrogen-bond acceptors (Lipinski definition) is 4. The zero-order chi connectivity index (χ0) is 14.4. The van der Waals surface area contributed by atoms with Crippen molar-refractivity contribution < 1.29 is 9.53 Å². The molecular weight excluding hydrogens is 282 g/mol. The molecule has 4 rings (SSSR count). The van der Waals surface area contributed by atoms with Gasteiger partial charge >= 0.3 is 0 Å². The molecular formula is C17H13NO2S. The van der Waals surface area contributed by atoms with Gasteiger partial charge in [-0.25, -0.2) is 4.98 Å². The molecule has 3 aromatic rings. The molecule has 1 aliphatic heterocycles. The molecule has 21 heavy (non-hydrogen) atoms. The van der Waals surface area contributed by atoms with Gasteiger partial charge in [-0.3, -0.25) is 4.79 Å². The van der Waals surface area contributed by atoms with Crippen molar-refractivity contribution >= 4 is 27.3 Å². The topological polar surface area (TPSA) is 39.2 Å². The monoisotopic (exact) mass is 295 g/mol. The van der Waals surface area contributed by atoms with Crippen molar-refractivity contribution in [2.24, 2.45) is 0 Å². The molecule has 0 bridgehead atoms. The minimum atomic E-state index is -0.590. The number of para-hydroxylation sites is 2. The first-order valence-corrected chi connectivity index (χ1v) is 7.70. The molecule has 4 heteroatoms. The third kappa shape index (κ3) is 1.94. The number of ketones is 1. The number of benzene rings is 2. The predicted molar refractivity (Wildman–Crippen MR) is 82.9 cm³/mol. The standard InChI is InChI=1S/C17H13NO2S/c1-10-11-6-2-4-8-13(11)20-16(15(10)19)17-18-12-7-3-5-9-14(12)21-17/h2-10,16H,1H3. The minimum absolute atomic E-state index is 0.0766. The van der Waals surface area contributed by atoms with Crippen LogP contribution in [0.5, 0.6) is 5.75 Å². The van der Waals surface area contributed by atoms with E-state index in [-0.39, 0.29) is 11.7 Å². The van der Waals surface area contributed by atoms with Gasteiger partial charge < -0.3 is 4.74 Å². The highest BCUT2D eigenvalue weighted by atomic mass is 32.1. The summed E-state index contributed by atoms with van der Waals surface area (Å²) in [6.45, 7) is 1.93. The van der Waals surface area contributed by atoms with Gasteiger partial charge in [-0.05, 0) is 18.2 Å². The van der Waals surface area contributed by atoms with Gasteiger partial charge in [-0.2, -0.15) is 0 Å². The molecule has 1 aliphatic rings. The number of rotatable bonds is 1. The van der Waals surface area contributed by atoms with Gasteiger partial charge in [0.2, 0.25) is 6.10 Å². The fourth-order valence-electron chi connectivity index (χ4n) is 2.69. The lowest BCUT2D eigenvalue weighted by molar-refractivity contribution is -0.128. The van der Waals surface area contributed by atoms with Crippen LogP contribution < -0.4 is 4.74 Å². The summed E-state index contributed by atoms with van der Waals surface area (Å²) < 4.78 is 7.01. The molecule has 2 unspecified atom stereocenters. The van der Waals surface area contributed by atoms with Gasteiger partial charge in [-0.1, -0.05) is 37.3 Å². The molecule has 0 saturated heterocycles. The molecule has 3 nitrogen and oxygen atoms in total. The summed E-state index contributed by atoms with van der Waals surface area (Å²) >= 11 is 1.53. The second-order valence-electron chi connectivity index (χ2n) is 5.18. The van der Waals surface area contributed by atoms with Crippen molar-refractivity contribution in [3.8, 4) is 5.75 Å². The third-order valence-electron chi connectivity index (χ3n) is 3.85. The van der Waals surface area contributed by atoms with Gasteiger partial charge in [0.15, 0.2) is 5.78 Å². The Hall–Kier alpha value is -2.20. The minimum Gasteiger partial charge on any atom is -0.475 e. The highest BCUT2D eigenvalue weighted by Crippen LogP contribution is 2.40. The maximum absolute atomic E-state index is 12.6. The lowest BCUT2D eigenvalue weighted by atomic mass is 9.90. The van der Waals surface area contributed by atoms with E-state index in [1.165, 1.54) is 11.3 Å². The normalized spacial score (nSPS) is 21.1. The van der Waals surface area contributed by atoms with Crippen molar-refractivity contribution in [2.45, 2.75) is 18.9 Å². The second-order valence-corrected chi connectivity index (χ2v) is 6.24. The number of ether oxygens (including phenoxy) is 1. The Morgan fingerprint density at radius 2 is 1.86 bits per heavy atom. The Balaban J connectivity index is 1.80. The summed E-state index contributed by atoms with van der Waals surface area (Å²) in [7, 11) is 0. The lowest BCUT2D eigenvalue weighted by Crippen LogP contribution is -2.28. The van der Waals surface area contributed by atoms with Gasteiger partial charge in [-0.15, -0.1) is 11.3 Å². The molecule has 0 aliphatic carbocycles. The van der Waals surface area contributed by atoms with Crippen LogP contribution in [-0.2, 0) is 4.79 Å². The SMILES string of the molecule is CC1C(=O)C(c2nc3ccccc3s2)Oc2ccccc21. The number of aromatic nitrogens is 1. The summed E-state index contributed by atoms with van der Waals surface area (Å²) in [6.07, 6.45) is -0.590. The molecule has 0 amide bonds. The smallest absolute Gasteiger partial charge is 0.208 e. The number of hydrogen-bond donors (Lipinski definition) is 0. The Morgan fingerprint density at radius 1 is 1.10 bits per heavy atom. The average Bonchev–Trinajstić information content (AvgIpc) is 2.94. The number of Topliss-reactive ketones (excluding diaryl/α,β-unsaturated/α-hetero) is 1. The van der Waals surface area contributed by atoms with Crippen LogP contribution >= 0.6 is 11.3 Å². The van der Waals surface area contributed by atoms with E-state index in [0.717, 1.165) is 26.5 Å². The van der Waals surface area contributed by atoms with Crippen LogP contribution in [0.1, 0.15) is 29.5 Å². The highest BCUT2D eigenvalue weighted by molar-refractivity contribution is 7.18. The Morgan fingerprint density at radius 3 is 2.71 bits per heavy atom. The molecule has 1 aromatic heterocycles. The fourth-order valence-corrected chi connectivity index (χ4v) is 3.69. The highest BCUT2D eigenvalue weighted by Gasteiger charge is 2.36. The fraction of sp³-hybridized carbons (Fsp3) is 0.176. The van der Waals surface area contributed by atoms with Gasteiger partial charge in [0, 0.05) is 11.5 Å². The molecule has 0 fully saturated rings. The molecule has 0 saturated carbocycles. The van der Waals surface area contributed by atoms with E-state index in [1.807, 2.05) is 55.5 Å². The number of carbonyl (C=O) groups excluding carboxylic acids is 1. The van der Waals surface area contributed by atoms with Crippen molar-refractivity contribution in [2.75, 3.05) is 0 Å². The Kier molecular flexibility index (Phi) is 2.79. The largest absolute Gasteiger partial charge is 0.475 e. The van der Waals surface area contributed by atoms with E-state index in [4.69, 9.17) is 4.74 Å². The van der Waals surface area contributed by atoms with E-state index >= 15 is 0 Å². The number of fused-ring (bicyclic) bond motifs is 2. The van der Waals surface area contributed by atoms with E-state index in [1.54, 1.807) is 0 Å². The summed E-state index contributed by atoms with van der Waals surface area (Å²) in [5.41, 5.74) is 1.88. The summed E-state index contributed by atoms with van der Waals surface area (Å²) in [6, 6.07) is 15.6. The maximum atomic E-state index is 12.6. The summed E-state index contributed by atoms with van der Waals surface area (Å²) in [4.78, 5) is 17.2. The Bertz CT molecular complexity index is 806. The van der Waals surface area contributed by atoms with Crippen molar-refractivity contribution in [3.63, 3.8) is 0 Å². The van der Waals surface area contributed by atoms with Crippen LogP contribution in [0, 0.1) is 0 Å². The average molecular weight is 295 g/mol. The van der Waals surface area contributed by atoms with Gasteiger partial charge in [0.05, 0.1) is 10.2 Å². The first kappa shape index (κ1) is 12.5. The summed E-state index contributed by atoms with van der Waals surface area (Å²) in [5.74, 6) is 0.702. The lowest BCUT2D eigenvalue weighted by Gasteiger charge is -2.27. The quantitative estimate of drug-likeness (QED) is 0.678. The van der Waals surface area contributed by atoms with Crippen LogP contribution in [0.25, 0.3) is 10.2 Å². The van der Waals surface area contributed by atoms with E-state index in [9.17, 15) is 4.79 Å². The maximum Gasteiger partial charge on any atom is 0.208 e. The van der Waals surface area contributed by atoms with Crippen LogP contribution in [0.2, 0.25) is 0 Å². The van der Waals surface area contributed by atoms with E-state index in [0.29, 0.717) is 0 Å². The Labute approximate surface area is 126 Å². The second kappa shape index (κ2) is 4.67. The van der Waals surface area contributed by atoms with Crippen LogP contribution in [0.15, 0.2) is 48.5 Å². The van der Waals surface area contributed by atoms with Gasteiger partial charge in [0.25, 0.3) is 0 Å². The predicted octanol–water partition coefficient (Wildman–Crippen LogP) is 4.10. The molecule has 0 radical (unpaired) electrons. The molecule has 0 N–H and O–H groups in total. The van der Waals surface area contributed by atoms with Gasteiger partial charge in [0.1, 0.15) is 10.8 Å². The van der Waals surface area contributed by atoms with Crippen molar-refractivity contribution in [1.29, 1.82) is 0 Å². The number of nitrogens with zero attached hydrogens (tertiary/aromatic N) is 1. The van der Waals surface area contributed by atoms with Crippen LogP contribution in [0.4, 0.5) is 0 Å². The number of thiazole rings is 1. The van der Waals surface area contributed by atoms with Crippen molar-refractivity contribution in [3.05, 3.63) is 59.1 Å². The molecule has 0 spiro atoms. The third-order valence-corrected chi connectivity index (χ3v) is 4.93. The zero-order valence-corrected chi connectivity index (χ0v) is 12.3. The van der Waals surface area contributed by atoms with Crippen LogP contribution in [-0.4, -0.2) is 10.8 Å². The molecule has 2 aromatic carbocycles. The van der Waals surface area contributed by atoms with Crippen molar-refractivity contribution in [1.82, 2.24) is 4.98 Å². The first-order chi connectivity index (χ1) is 10.2. The molecule has 104 valence electrons. The zero-order valence-electron chi connectivity index (χ0n) is 11.4. The summed E-state index contributed by atoms with van der Waals surface area (Å²) in [5, 5.41) is 0.738. The number of carbonyl (C=O) groups is 1. The molecule has 2 heterocycles. The van der Waals surface area contributed by atoms with E-state index in [2.05, 4.69) is 4.98 Å².